The van der Waals surface area contributed by atoms with E-state index in [0.29, 0.717) is 17.1 Å². The van der Waals surface area contributed by atoms with Crippen molar-refractivity contribution in [3.63, 3.8) is 0 Å². The summed E-state index contributed by atoms with van der Waals surface area (Å²) >= 11 is 8.31. The fourth-order valence-electron chi connectivity index (χ4n) is 1.84. The van der Waals surface area contributed by atoms with Crippen LogP contribution in [0.15, 0.2) is 53.0 Å². The molecule has 0 atom stereocenters. The Morgan fingerprint density at radius 3 is 2.12 bits per heavy atom. The molecule has 0 saturated carbocycles. The van der Waals surface area contributed by atoms with Gasteiger partial charge in [-0.1, -0.05) is 15.9 Å². The number of anilines is 2. The van der Waals surface area contributed by atoms with E-state index < -0.39 is 0 Å². The minimum absolute atomic E-state index is 0.0890. The summed E-state index contributed by atoms with van der Waals surface area (Å²) in [6, 6.07) is 14.1. The lowest BCUT2D eigenvalue weighted by Gasteiger charge is -2.10. The molecule has 0 aromatic heterocycles. The van der Waals surface area contributed by atoms with E-state index in [4.69, 9.17) is 17.0 Å². The summed E-state index contributed by atoms with van der Waals surface area (Å²) in [7, 11) is 0. The quantitative estimate of drug-likeness (QED) is 0.645. The first-order valence-electron chi connectivity index (χ1n) is 7.29. The van der Waals surface area contributed by atoms with E-state index in [2.05, 4.69) is 31.9 Å². The number of benzene rings is 2. The van der Waals surface area contributed by atoms with Crippen molar-refractivity contribution in [2.75, 3.05) is 17.2 Å². The Morgan fingerprint density at radius 1 is 1.00 bits per heavy atom. The summed E-state index contributed by atoms with van der Waals surface area (Å²) in [5.74, 6) is 0.105. The number of nitrogens with one attached hydrogen (secondary N) is 3. The molecule has 0 aliphatic carbocycles. The lowest BCUT2D eigenvalue weighted by Crippen LogP contribution is -2.32. The third-order valence-electron chi connectivity index (χ3n) is 2.90. The van der Waals surface area contributed by atoms with Gasteiger partial charge in [-0.25, -0.2) is 0 Å². The predicted molar refractivity (Wildman–Crippen MR) is 105 cm³/mol. The average Bonchev–Trinajstić information content (AvgIpc) is 2.55. The van der Waals surface area contributed by atoms with Gasteiger partial charge in [-0.05, 0) is 60.7 Å². The van der Waals surface area contributed by atoms with Gasteiger partial charge in [-0.2, -0.15) is 0 Å². The number of carbonyl (C=O) groups is 2. The molecule has 2 amide bonds. The number of thiocarbonyl (C=S) groups is 1. The van der Waals surface area contributed by atoms with Crippen LogP contribution < -0.4 is 20.7 Å². The fourth-order valence-corrected chi connectivity index (χ4v) is 2.36. The number of hydrogen-bond acceptors (Lipinski definition) is 4. The highest BCUT2D eigenvalue weighted by molar-refractivity contribution is 9.10. The monoisotopic (exact) mass is 421 g/mol. The Bertz CT molecular complexity index is 764. The third kappa shape index (κ3) is 6.90. The van der Waals surface area contributed by atoms with E-state index in [0.717, 1.165) is 4.47 Å². The minimum Gasteiger partial charge on any atom is -0.484 e. The van der Waals surface area contributed by atoms with Crippen LogP contribution in [0.2, 0.25) is 0 Å². The van der Waals surface area contributed by atoms with Gasteiger partial charge in [-0.15, -0.1) is 0 Å². The number of hydrogen-bond donors (Lipinski definition) is 3. The summed E-state index contributed by atoms with van der Waals surface area (Å²) < 4.78 is 6.35. The zero-order chi connectivity index (χ0) is 18.2. The van der Waals surface area contributed by atoms with Gasteiger partial charge < -0.3 is 20.7 Å². The van der Waals surface area contributed by atoms with Crippen LogP contribution in [-0.4, -0.2) is 23.5 Å². The number of rotatable bonds is 5. The zero-order valence-electron chi connectivity index (χ0n) is 13.3. The number of amides is 2. The van der Waals surface area contributed by atoms with Crippen LogP contribution in [-0.2, 0) is 9.59 Å². The molecular weight excluding hydrogens is 406 g/mol. The molecule has 6 nitrogen and oxygen atoms in total. The molecule has 2 aromatic carbocycles. The second-order valence-electron chi connectivity index (χ2n) is 5.00. The molecule has 0 aliphatic rings. The van der Waals surface area contributed by atoms with Gasteiger partial charge in [0.15, 0.2) is 11.7 Å². The molecule has 0 fully saturated rings. The van der Waals surface area contributed by atoms with Crippen LogP contribution in [0.4, 0.5) is 11.4 Å². The van der Waals surface area contributed by atoms with Gasteiger partial charge in [-0.3, -0.25) is 9.59 Å². The average molecular weight is 422 g/mol. The molecule has 0 spiro atoms. The SMILES string of the molecule is CC(=O)NC(=S)Nc1ccc(NC(=O)COc2ccc(Br)cc2)cc1. The van der Waals surface area contributed by atoms with Crippen LogP contribution in [0.5, 0.6) is 5.75 Å². The molecule has 0 bridgehead atoms. The molecule has 2 rings (SSSR count). The van der Waals surface area contributed by atoms with Crippen molar-refractivity contribution in [3.8, 4) is 5.75 Å². The van der Waals surface area contributed by atoms with E-state index in [1.807, 2.05) is 12.1 Å². The van der Waals surface area contributed by atoms with Crippen molar-refractivity contribution in [2.24, 2.45) is 0 Å². The first-order valence-corrected chi connectivity index (χ1v) is 8.49. The first-order chi connectivity index (χ1) is 11.9. The Labute approximate surface area is 159 Å². The van der Waals surface area contributed by atoms with E-state index in [1.165, 1.54) is 6.92 Å². The molecule has 0 heterocycles. The first kappa shape index (κ1) is 18.9. The van der Waals surface area contributed by atoms with Crippen LogP contribution >= 0.6 is 28.1 Å². The standard InChI is InChI=1S/C17H16BrN3O3S/c1-11(22)19-17(25)21-14-6-4-13(5-7-14)20-16(23)10-24-15-8-2-12(18)3-9-15/h2-9H,10H2,1H3,(H,20,23)(H2,19,21,22,25). The van der Waals surface area contributed by atoms with E-state index in [9.17, 15) is 9.59 Å². The fraction of sp³-hybridized carbons (Fsp3) is 0.118. The minimum atomic E-state index is -0.266. The lowest BCUT2D eigenvalue weighted by molar-refractivity contribution is -0.118. The normalized spacial score (nSPS) is 9.84. The van der Waals surface area contributed by atoms with Crippen molar-refractivity contribution >= 4 is 56.4 Å². The van der Waals surface area contributed by atoms with E-state index in [1.54, 1.807) is 36.4 Å². The smallest absolute Gasteiger partial charge is 0.262 e. The van der Waals surface area contributed by atoms with Crippen LogP contribution in [0.25, 0.3) is 0 Å². The maximum absolute atomic E-state index is 11.9. The number of carbonyl (C=O) groups excluding carboxylic acids is 2. The predicted octanol–water partition coefficient (Wildman–Crippen LogP) is 3.30. The molecule has 8 heteroatoms. The maximum atomic E-state index is 11.9. The zero-order valence-corrected chi connectivity index (χ0v) is 15.7. The largest absolute Gasteiger partial charge is 0.484 e. The van der Waals surface area contributed by atoms with Gasteiger partial charge in [0, 0.05) is 22.8 Å². The maximum Gasteiger partial charge on any atom is 0.262 e. The van der Waals surface area contributed by atoms with Crippen molar-refractivity contribution in [1.29, 1.82) is 0 Å². The molecule has 0 aliphatic heterocycles. The summed E-state index contributed by atoms with van der Waals surface area (Å²) in [6.07, 6.45) is 0. The van der Waals surface area contributed by atoms with Crippen LogP contribution in [0.1, 0.15) is 6.92 Å². The Kier molecular flexibility index (Phi) is 6.91. The summed E-state index contributed by atoms with van der Waals surface area (Å²) in [4.78, 5) is 22.8. The highest BCUT2D eigenvalue weighted by atomic mass is 79.9. The van der Waals surface area contributed by atoms with Crippen molar-refractivity contribution in [1.82, 2.24) is 5.32 Å². The second-order valence-corrected chi connectivity index (χ2v) is 6.33. The van der Waals surface area contributed by atoms with Gasteiger partial charge in [0.25, 0.3) is 5.91 Å². The highest BCUT2D eigenvalue weighted by Crippen LogP contribution is 2.16. The third-order valence-corrected chi connectivity index (χ3v) is 3.63. The molecule has 130 valence electrons. The topological polar surface area (TPSA) is 79.5 Å². The van der Waals surface area contributed by atoms with Gasteiger partial charge in [0.2, 0.25) is 5.91 Å². The van der Waals surface area contributed by atoms with Crippen LogP contribution in [0.3, 0.4) is 0 Å². The molecule has 2 aromatic rings. The number of halogens is 1. The van der Waals surface area contributed by atoms with Crippen molar-refractivity contribution in [3.05, 3.63) is 53.0 Å². The summed E-state index contributed by atoms with van der Waals surface area (Å²) in [5.41, 5.74) is 1.32. The Morgan fingerprint density at radius 2 is 1.56 bits per heavy atom. The van der Waals surface area contributed by atoms with Gasteiger partial charge >= 0.3 is 0 Å². The molecule has 0 radical (unpaired) electrons. The van der Waals surface area contributed by atoms with Gasteiger partial charge in [0.1, 0.15) is 5.75 Å². The van der Waals surface area contributed by atoms with Crippen molar-refractivity contribution in [2.45, 2.75) is 6.92 Å². The molecular formula is C17H16BrN3O3S. The Hall–Kier alpha value is -2.45. The Balaban J connectivity index is 1.81. The summed E-state index contributed by atoms with van der Waals surface area (Å²) in [6.45, 7) is 1.29. The highest BCUT2D eigenvalue weighted by Gasteiger charge is 2.05. The van der Waals surface area contributed by atoms with E-state index >= 15 is 0 Å². The van der Waals surface area contributed by atoms with Gasteiger partial charge in [0.05, 0.1) is 0 Å². The lowest BCUT2D eigenvalue weighted by atomic mass is 10.3. The summed E-state index contributed by atoms with van der Waals surface area (Å²) in [5, 5.41) is 8.28. The second kappa shape index (κ2) is 9.14. The molecule has 0 saturated heterocycles. The van der Waals surface area contributed by atoms with Crippen LogP contribution in [0, 0.1) is 0 Å². The molecule has 25 heavy (non-hydrogen) atoms. The number of ether oxygens (including phenoxy) is 1. The molecule has 3 N–H and O–H groups in total. The van der Waals surface area contributed by atoms with Crippen molar-refractivity contribution < 1.29 is 14.3 Å². The van der Waals surface area contributed by atoms with E-state index in [-0.39, 0.29) is 23.5 Å². The molecule has 0 unspecified atom stereocenters.